The Labute approximate surface area is 114 Å². The molecular weight excluding hydrogens is 234 g/mol. The van der Waals surface area contributed by atoms with Gasteiger partial charge in [-0.15, -0.1) is 0 Å². The number of hydrogen-bond donors (Lipinski definition) is 1. The quantitative estimate of drug-likeness (QED) is 0.918. The molecule has 3 nitrogen and oxygen atoms in total. The van der Waals surface area contributed by atoms with Gasteiger partial charge in [0.25, 0.3) is 0 Å². The fourth-order valence-electron chi connectivity index (χ4n) is 3.27. The van der Waals surface area contributed by atoms with Crippen molar-refractivity contribution in [3.8, 4) is 0 Å². The highest BCUT2D eigenvalue weighted by atomic mass is 15.1. The summed E-state index contributed by atoms with van der Waals surface area (Å²) in [5.41, 5.74) is 9.98. The first-order valence-corrected chi connectivity index (χ1v) is 7.24. The van der Waals surface area contributed by atoms with E-state index in [1.807, 2.05) is 0 Å². The summed E-state index contributed by atoms with van der Waals surface area (Å²) in [7, 11) is 2.12. The maximum atomic E-state index is 6.01. The molecule has 1 saturated carbocycles. The molecule has 19 heavy (non-hydrogen) atoms. The number of aromatic nitrogens is 2. The Bertz CT molecular complexity index is 600. The minimum Gasteiger partial charge on any atom is -0.331 e. The van der Waals surface area contributed by atoms with Gasteiger partial charge < -0.3 is 10.3 Å². The van der Waals surface area contributed by atoms with E-state index in [9.17, 15) is 0 Å². The van der Waals surface area contributed by atoms with Gasteiger partial charge in [-0.25, -0.2) is 4.98 Å². The summed E-state index contributed by atoms with van der Waals surface area (Å²) >= 11 is 0. The van der Waals surface area contributed by atoms with E-state index in [-0.39, 0.29) is 5.41 Å². The van der Waals surface area contributed by atoms with Crippen LogP contribution in [0.15, 0.2) is 18.2 Å². The fourth-order valence-corrected chi connectivity index (χ4v) is 3.27. The van der Waals surface area contributed by atoms with Crippen molar-refractivity contribution in [3.05, 3.63) is 29.6 Å². The molecule has 1 aliphatic carbocycles. The number of nitrogens with zero attached hydrogens (tertiary/aromatic N) is 2. The van der Waals surface area contributed by atoms with Gasteiger partial charge in [0.05, 0.1) is 11.0 Å². The van der Waals surface area contributed by atoms with Gasteiger partial charge in [0.1, 0.15) is 5.82 Å². The van der Waals surface area contributed by atoms with Gasteiger partial charge in [-0.3, -0.25) is 0 Å². The van der Waals surface area contributed by atoms with Crippen molar-refractivity contribution in [2.45, 2.75) is 44.4 Å². The van der Waals surface area contributed by atoms with Crippen LogP contribution in [0.4, 0.5) is 0 Å². The van der Waals surface area contributed by atoms with Gasteiger partial charge in [-0.05, 0) is 30.5 Å². The Hall–Kier alpha value is -1.35. The molecule has 1 aliphatic rings. The molecule has 0 radical (unpaired) electrons. The van der Waals surface area contributed by atoms with Gasteiger partial charge in [-0.1, -0.05) is 26.3 Å². The van der Waals surface area contributed by atoms with Crippen molar-refractivity contribution in [3.63, 3.8) is 0 Å². The molecule has 102 valence electrons. The minimum absolute atomic E-state index is 0.233. The maximum absolute atomic E-state index is 6.01. The van der Waals surface area contributed by atoms with Crippen LogP contribution in [0.25, 0.3) is 11.0 Å². The predicted octanol–water partition coefficient (Wildman–Crippen LogP) is 3.08. The molecule has 3 rings (SSSR count). The first kappa shape index (κ1) is 12.7. The van der Waals surface area contributed by atoms with Crippen LogP contribution < -0.4 is 5.73 Å². The Balaban J connectivity index is 2.13. The van der Waals surface area contributed by atoms with Crippen LogP contribution in [0.1, 0.15) is 50.4 Å². The smallest absolute Gasteiger partial charge is 0.112 e. The average Bonchev–Trinajstić information content (AvgIpc) is 2.67. The van der Waals surface area contributed by atoms with E-state index in [1.165, 1.54) is 30.3 Å². The molecular formula is C16H23N3. The molecule has 0 atom stereocenters. The number of fused-ring (bicyclic) bond motifs is 1. The first-order chi connectivity index (χ1) is 9.07. The monoisotopic (exact) mass is 257 g/mol. The van der Waals surface area contributed by atoms with Gasteiger partial charge in [0, 0.05) is 24.9 Å². The Morgan fingerprint density at radius 3 is 2.63 bits per heavy atom. The van der Waals surface area contributed by atoms with E-state index in [1.54, 1.807) is 0 Å². The van der Waals surface area contributed by atoms with Gasteiger partial charge in [-0.2, -0.15) is 0 Å². The lowest BCUT2D eigenvalue weighted by Crippen LogP contribution is -2.41. The van der Waals surface area contributed by atoms with E-state index in [2.05, 4.69) is 43.7 Å². The SMILES string of the molecule is CC(C)c1nc2ccc(C3(CN)CCC3)cc2n1C. The summed E-state index contributed by atoms with van der Waals surface area (Å²) in [6.45, 7) is 5.14. The molecule has 2 aromatic rings. The van der Waals surface area contributed by atoms with E-state index < -0.39 is 0 Å². The van der Waals surface area contributed by atoms with E-state index in [0.29, 0.717) is 5.92 Å². The molecule has 2 N–H and O–H groups in total. The topological polar surface area (TPSA) is 43.8 Å². The zero-order chi connectivity index (χ0) is 13.6. The van der Waals surface area contributed by atoms with Crippen LogP contribution in [0.5, 0.6) is 0 Å². The van der Waals surface area contributed by atoms with E-state index in [4.69, 9.17) is 10.7 Å². The van der Waals surface area contributed by atoms with Crippen LogP contribution in [0.3, 0.4) is 0 Å². The van der Waals surface area contributed by atoms with Crippen LogP contribution in [0.2, 0.25) is 0 Å². The van der Waals surface area contributed by atoms with Crippen LogP contribution >= 0.6 is 0 Å². The molecule has 1 fully saturated rings. The summed E-state index contributed by atoms with van der Waals surface area (Å²) in [6, 6.07) is 6.69. The molecule has 0 saturated heterocycles. The third-order valence-corrected chi connectivity index (χ3v) is 4.75. The lowest BCUT2D eigenvalue weighted by atomic mass is 9.64. The number of rotatable bonds is 3. The second kappa shape index (κ2) is 4.34. The Morgan fingerprint density at radius 1 is 1.37 bits per heavy atom. The van der Waals surface area contributed by atoms with Crippen LogP contribution in [-0.4, -0.2) is 16.1 Å². The van der Waals surface area contributed by atoms with Crippen molar-refractivity contribution in [2.75, 3.05) is 6.54 Å². The summed E-state index contributed by atoms with van der Waals surface area (Å²) in [4.78, 5) is 4.74. The lowest BCUT2D eigenvalue weighted by Gasteiger charge is -2.41. The highest BCUT2D eigenvalue weighted by Gasteiger charge is 2.37. The number of benzene rings is 1. The van der Waals surface area contributed by atoms with Gasteiger partial charge >= 0.3 is 0 Å². The summed E-state index contributed by atoms with van der Waals surface area (Å²) in [5.74, 6) is 1.61. The van der Waals surface area contributed by atoms with Crippen molar-refractivity contribution in [2.24, 2.45) is 12.8 Å². The summed E-state index contributed by atoms with van der Waals surface area (Å²) < 4.78 is 2.23. The number of aryl methyl sites for hydroxylation is 1. The lowest BCUT2D eigenvalue weighted by molar-refractivity contribution is 0.253. The molecule has 0 spiro atoms. The summed E-state index contributed by atoms with van der Waals surface area (Å²) in [5, 5.41) is 0. The van der Waals surface area contributed by atoms with E-state index in [0.717, 1.165) is 17.9 Å². The standard InChI is InChI=1S/C16H23N3/c1-11(2)15-18-13-6-5-12(9-14(13)19(15)3)16(10-17)7-4-8-16/h5-6,9,11H,4,7-8,10,17H2,1-3H3. The molecule has 1 aromatic carbocycles. The minimum atomic E-state index is 0.233. The number of hydrogen-bond acceptors (Lipinski definition) is 2. The second-order valence-corrected chi connectivity index (χ2v) is 6.23. The predicted molar refractivity (Wildman–Crippen MR) is 79.4 cm³/mol. The Kier molecular flexibility index (Phi) is 2.90. The Morgan fingerprint density at radius 2 is 2.11 bits per heavy atom. The zero-order valence-electron chi connectivity index (χ0n) is 12.1. The van der Waals surface area contributed by atoms with Crippen molar-refractivity contribution >= 4 is 11.0 Å². The van der Waals surface area contributed by atoms with Crippen molar-refractivity contribution < 1.29 is 0 Å². The zero-order valence-corrected chi connectivity index (χ0v) is 12.1. The van der Waals surface area contributed by atoms with Crippen molar-refractivity contribution in [1.29, 1.82) is 0 Å². The molecule has 1 aromatic heterocycles. The molecule has 3 heteroatoms. The second-order valence-electron chi connectivity index (χ2n) is 6.23. The van der Waals surface area contributed by atoms with E-state index >= 15 is 0 Å². The highest BCUT2D eigenvalue weighted by Crippen LogP contribution is 2.43. The maximum Gasteiger partial charge on any atom is 0.112 e. The molecule has 1 heterocycles. The van der Waals surface area contributed by atoms with Gasteiger partial charge in [0.15, 0.2) is 0 Å². The molecule has 0 amide bonds. The van der Waals surface area contributed by atoms with Crippen LogP contribution in [0, 0.1) is 0 Å². The third-order valence-electron chi connectivity index (χ3n) is 4.75. The molecule has 0 bridgehead atoms. The first-order valence-electron chi connectivity index (χ1n) is 7.24. The third kappa shape index (κ3) is 1.79. The highest BCUT2D eigenvalue weighted by molar-refractivity contribution is 5.77. The number of nitrogens with two attached hydrogens (primary N) is 1. The van der Waals surface area contributed by atoms with Crippen LogP contribution in [-0.2, 0) is 12.5 Å². The summed E-state index contributed by atoms with van der Waals surface area (Å²) in [6.07, 6.45) is 3.76. The van der Waals surface area contributed by atoms with Gasteiger partial charge in [0.2, 0.25) is 0 Å². The largest absolute Gasteiger partial charge is 0.331 e. The van der Waals surface area contributed by atoms with Crippen molar-refractivity contribution in [1.82, 2.24) is 9.55 Å². The average molecular weight is 257 g/mol. The normalized spacial score (nSPS) is 17.9. The number of imidazole rings is 1. The molecule has 0 unspecified atom stereocenters. The molecule has 0 aliphatic heterocycles. The fraction of sp³-hybridized carbons (Fsp3) is 0.562.